The van der Waals surface area contributed by atoms with Gasteiger partial charge in [0, 0.05) is 19.1 Å². The van der Waals surface area contributed by atoms with Crippen molar-refractivity contribution >= 4 is 0 Å². The molecule has 2 aliphatic heterocycles. The Morgan fingerprint density at radius 2 is 2.00 bits per heavy atom. The van der Waals surface area contributed by atoms with Gasteiger partial charge in [-0.3, -0.25) is 0 Å². The number of aromatic nitrogens is 3. The maximum atomic E-state index is 10.6. The zero-order valence-corrected chi connectivity index (χ0v) is 17.8. The predicted octanol–water partition coefficient (Wildman–Crippen LogP) is -0.486. The van der Waals surface area contributed by atoms with Crippen molar-refractivity contribution in [1.29, 1.82) is 0 Å². The average molecular weight is 437 g/mol. The third kappa shape index (κ3) is 5.29. The van der Waals surface area contributed by atoms with Crippen LogP contribution < -0.4 is 5.32 Å². The van der Waals surface area contributed by atoms with E-state index in [0.717, 1.165) is 42.9 Å². The second-order valence-corrected chi connectivity index (χ2v) is 7.91. The first-order chi connectivity index (χ1) is 14.9. The Bertz CT molecular complexity index is 841. The average Bonchev–Trinajstić information content (AvgIpc) is 3.36. The molecule has 6 unspecified atom stereocenters. The van der Waals surface area contributed by atoms with Crippen molar-refractivity contribution in [3.63, 3.8) is 0 Å². The van der Waals surface area contributed by atoms with E-state index in [-0.39, 0.29) is 6.61 Å². The highest BCUT2D eigenvalue weighted by molar-refractivity contribution is 5.41. The number of benzene rings is 1. The van der Waals surface area contributed by atoms with E-state index in [1.807, 2.05) is 19.2 Å². The van der Waals surface area contributed by atoms with Crippen LogP contribution in [0.15, 0.2) is 24.4 Å². The van der Waals surface area contributed by atoms with E-state index < -0.39 is 30.7 Å². The number of nitrogens with zero attached hydrogens (tertiary/aromatic N) is 3. The Kier molecular flexibility index (Phi) is 8.11. The van der Waals surface area contributed by atoms with Gasteiger partial charge in [-0.2, -0.15) is 0 Å². The lowest BCUT2D eigenvalue weighted by Crippen LogP contribution is -2.35. The molecule has 2 saturated heterocycles. The lowest BCUT2D eigenvalue weighted by atomic mass is 9.95. The maximum Gasteiger partial charge on any atom is 0.184 e. The summed E-state index contributed by atoms with van der Waals surface area (Å²) in [5, 5.41) is 59.3. The van der Waals surface area contributed by atoms with E-state index in [4.69, 9.17) is 9.84 Å². The third-order valence-electron chi connectivity index (χ3n) is 5.65. The smallest absolute Gasteiger partial charge is 0.184 e. The number of ether oxygens (including phenoxy) is 1. The largest absolute Gasteiger partial charge is 0.397 e. The van der Waals surface area contributed by atoms with Crippen molar-refractivity contribution in [1.82, 2.24) is 20.3 Å². The molecule has 2 aliphatic rings. The minimum absolute atomic E-state index is 0.250. The quantitative estimate of drug-likeness (QED) is 0.373. The number of aliphatic hydroxyl groups excluding tert-OH is 5. The molecule has 10 heteroatoms. The summed E-state index contributed by atoms with van der Waals surface area (Å²) >= 11 is 0. The Balaban J connectivity index is 0.000000858. The molecule has 0 radical (unpaired) electrons. The van der Waals surface area contributed by atoms with E-state index in [9.17, 15) is 20.4 Å². The van der Waals surface area contributed by atoms with Gasteiger partial charge in [0.25, 0.3) is 0 Å². The molecule has 0 saturated carbocycles. The second-order valence-electron chi connectivity index (χ2n) is 7.91. The van der Waals surface area contributed by atoms with Gasteiger partial charge in [0.05, 0.1) is 17.6 Å². The fraction of sp³-hybridized carbons (Fsp3) is 0.619. The number of rotatable bonds is 4. The summed E-state index contributed by atoms with van der Waals surface area (Å²) in [6.45, 7) is 5.71. The normalized spacial score (nSPS) is 29.3. The molecule has 2 aromatic rings. The van der Waals surface area contributed by atoms with Gasteiger partial charge in [0.1, 0.15) is 24.4 Å². The van der Waals surface area contributed by atoms with E-state index in [1.165, 1.54) is 0 Å². The van der Waals surface area contributed by atoms with Crippen molar-refractivity contribution in [3.05, 3.63) is 41.2 Å². The van der Waals surface area contributed by atoms with Crippen molar-refractivity contribution < 1.29 is 30.3 Å². The molecule has 3 heterocycles. The zero-order valence-electron chi connectivity index (χ0n) is 17.8. The van der Waals surface area contributed by atoms with Crippen LogP contribution in [-0.4, -0.2) is 84.8 Å². The second kappa shape index (κ2) is 10.6. The van der Waals surface area contributed by atoms with Crippen molar-refractivity contribution in [2.45, 2.75) is 63.3 Å². The molecule has 0 amide bonds. The fourth-order valence-electron chi connectivity index (χ4n) is 3.95. The third-order valence-corrected chi connectivity index (χ3v) is 5.65. The molecule has 1 aromatic heterocycles. The number of hydrogen-bond acceptors (Lipinski definition) is 9. The first-order valence-corrected chi connectivity index (χ1v) is 10.6. The minimum atomic E-state index is -1.52. The Hall–Kier alpha value is -1.92. The number of piperidine rings is 1. The van der Waals surface area contributed by atoms with Crippen LogP contribution in [0.2, 0.25) is 0 Å². The summed E-state index contributed by atoms with van der Waals surface area (Å²) in [6, 6.07) is 5.40. The SMILES string of the molecule is CCO.Cc1cc(-n2cc(C3CCCNC3)nn2)ccc1C(O)C1OC(O)C(O)C1O. The molecule has 6 N–H and O–H groups in total. The van der Waals surface area contributed by atoms with Gasteiger partial charge in [-0.25, -0.2) is 4.68 Å². The Labute approximate surface area is 181 Å². The van der Waals surface area contributed by atoms with Gasteiger partial charge < -0.3 is 35.6 Å². The first kappa shape index (κ1) is 23.7. The molecule has 0 aliphatic carbocycles. The molecule has 172 valence electrons. The van der Waals surface area contributed by atoms with Crippen LogP contribution >= 0.6 is 0 Å². The van der Waals surface area contributed by atoms with Crippen molar-refractivity contribution in [2.75, 3.05) is 19.7 Å². The van der Waals surface area contributed by atoms with Gasteiger partial charge in [-0.05, 0) is 56.5 Å². The van der Waals surface area contributed by atoms with E-state index in [0.29, 0.717) is 11.5 Å². The highest BCUT2D eigenvalue weighted by Gasteiger charge is 2.45. The summed E-state index contributed by atoms with van der Waals surface area (Å²) < 4.78 is 6.82. The van der Waals surface area contributed by atoms with Gasteiger partial charge in [-0.1, -0.05) is 11.3 Å². The van der Waals surface area contributed by atoms with Crippen LogP contribution in [0, 0.1) is 6.92 Å². The molecule has 0 bridgehead atoms. The molecule has 1 aromatic carbocycles. The van der Waals surface area contributed by atoms with E-state index in [2.05, 4.69) is 15.6 Å². The standard InChI is InChI=1S/C19H26N4O5.C2H6O/c1-10-7-12(23-9-14(21-22-23)11-3-2-6-20-8-11)4-5-13(10)15(24)18-16(25)17(26)19(27)28-18;1-2-3/h4-5,7,9,11,15-20,24-27H,2-3,6,8H2,1H3;3H,2H2,1H3. The highest BCUT2D eigenvalue weighted by atomic mass is 16.6. The zero-order chi connectivity index (χ0) is 22.5. The number of aryl methyl sites for hydroxylation is 1. The molecule has 31 heavy (non-hydrogen) atoms. The number of aliphatic hydroxyl groups is 5. The maximum absolute atomic E-state index is 10.6. The first-order valence-electron chi connectivity index (χ1n) is 10.6. The van der Waals surface area contributed by atoms with Crippen molar-refractivity contribution in [3.8, 4) is 5.69 Å². The summed E-state index contributed by atoms with van der Waals surface area (Å²) in [4.78, 5) is 0. The molecule has 6 atom stereocenters. The number of nitrogens with one attached hydrogen (secondary N) is 1. The fourth-order valence-corrected chi connectivity index (χ4v) is 3.95. The summed E-state index contributed by atoms with van der Waals surface area (Å²) in [5.41, 5.74) is 3.09. The van der Waals surface area contributed by atoms with Crippen LogP contribution in [0.5, 0.6) is 0 Å². The van der Waals surface area contributed by atoms with Crippen LogP contribution in [0.1, 0.15) is 48.6 Å². The van der Waals surface area contributed by atoms with Gasteiger partial charge in [0.2, 0.25) is 0 Å². The van der Waals surface area contributed by atoms with Crippen LogP contribution in [0.4, 0.5) is 0 Å². The van der Waals surface area contributed by atoms with Crippen LogP contribution in [-0.2, 0) is 4.74 Å². The van der Waals surface area contributed by atoms with Crippen LogP contribution in [0.3, 0.4) is 0 Å². The molecular formula is C21H32N4O6. The van der Waals surface area contributed by atoms with Gasteiger partial charge >= 0.3 is 0 Å². The van der Waals surface area contributed by atoms with Gasteiger partial charge in [-0.15, -0.1) is 5.10 Å². The van der Waals surface area contributed by atoms with E-state index in [1.54, 1.807) is 23.7 Å². The monoisotopic (exact) mass is 436 g/mol. The Morgan fingerprint density at radius 1 is 1.26 bits per heavy atom. The summed E-state index contributed by atoms with van der Waals surface area (Å²) in [5.74, 6) is 0.364. The summed E-state index contributed by atoms with van der Waals surface area (Å²) in [7, 11) is 0. The minimum Gasteiger partial charge on any atom is -0.397 e. The molecule has 10 nitrogen and oxygen atoms in total. The van der Waals surface area contributed by atoms with Crippen LogP contribution in [0.25, 0.3) is 5.69 Å². The molecule has 0 spiro atoms. The number of hydrogen-bond donors (Lipinski definition) is 6. The topological polar surface area (TPSA) is 153 Å². The highest BCUT2D eigenvalue weighted by Crippen LogP contribution is 2.32. The lowest BCUT2D eigenvalue weighted by molar-refractivity contribution is -0.146. The Morgan fingerprint density at radius 3 is 2.58 bits per heavy atom. The molecular weight excluding hydrogens is 404 g/mol. The van der Waals surface area contributed by atoms with Crippen molar-refractivity contribution in [2.24, 2.45) is 0 Å². The summed E-state index contributed by atoms with van der Waals surface area (Å²) in [6.07, 6.45) is -2.47. The molecule has 4 rings (SSSR count). The lowest BCUT2D eigenvalue weighted by Gasteiger charge is -2.23. The predicted molar refractivity (Wildman–Crippen MR) is 112 cm³/mol. The van der Waals surface area contributed by atoms with E-state index >= 15 is 0 Å². The molecule has 2 fully saturated rings. The van der Waals surface area contributed by atoms with Gasteiger partial charge in [0.15, 0.2) is 6.29 Å².